The molecule has 0 rings (SSSR count). The molecule has 0 fully saturated rings. The highest BCUT2D eigenvalue weighted by Crippen LogP contribution is 2.12. The van der Waals surface area contributed by atoms with E-state index in [2.05, 4.69) is 4.84 Å². The monoisotopic (exact) mass is 296 g/mol. The Morgan fingerprint density at radius 2 is 1.75 bits per heavy atom. The summed E-state index contributed by atoms with van der Waals surface area (Å²) >= 11 is 0. The first-order valence-corrected chi connectivity index (χ1v) is 5.71. The quantitative estimate of drug-likeness (QED) is 0.131. The Balaban J connectivity index is 4.75. The van der Waals surface area contributed by atoms with Crippen LogP contribution in [-0.2, 0) is 14.4 Å². The molecule has 6 atom stereocenters. The summed E-state index contributed by atoms with van der Waals surface area (Å²) in [4.78, 5) is 26.3. The lowest BCUT2D eigenvalue weighted by molar-refractivity contribution is -0.210. The summed E-state index contributed by atoms with van der Waals surface area (Å²) in [7, 11) is 0. The number of carbonyl (C=O) groups is 2. The summed E-state index contributed by atoms with van der Waals surface area (Å²) in [5, 5.41) is 46.7. The van der Waals surface area contributed by atoms with Gasteiger partial charge in [0.2, 0.25) is 5.72 Å². The van der Waals surface area contributed by atoms with Crippen molar-refractivity contribution in [1.82, 2.24) is 5.48 Å². The lowest BCUT2D eigenvalue weighted by Gasteiger charge is -2.31. The van der Waals surface area contributed by atoms with Gasteiger partial charge in [-0.25, -0.2) is 4.79 Å². The van der Waals surface area contributed by atoms with Crippen molar-refractivity contribution in [3.8, 4) is 0 Å². The number of hydroxylamine groups is 1. The van der Waals surface area contributed by atoms with Crippen LogP contribution in [0, 0.1) is 0 Å². The first kappa shape index (κ1) is 18.9. The number of nitrogens with one attached hydrogen (secondary N) is 1. The van der Waals surface area contributed by atoms with Gasteiger partial charge in [0, 0.05) is 0 Å². The molecule has 0 spiro atoms. The van der Waals surface area contributed by atoms with Gasteiger partial charge < -0.3 is 36.1 Å². The number of hydrogen-bond acceptors (Lipinski definition) is 10. The van der Waals surface area contributed by atoms with Crippen LogP contribution in [0.25, 0.3) is 0 Å². The molecule has 0 saturated heterocycles. The van der Waals surface area contributed by atoms with E-state index in [4.69, 9.17) is 15.9 Å². The van der Waals surface area contributed by atoms with Crippen molar-refractivity contribution < 1.29 is 40.0 Å². The number of aldehydes is 1. The van der Waals surface area contributed by atoms with Crippen LogP contribution in [-0.4, -0.2) is 74.0 Å². The first-order valence-electron chi connectivity index (χ1n) is 5.71. The minimum atomic E-state index is -2.86. The number of aliphatic hydroxyl groups excluding tert-OH is 4. The van der Waals surface area contributed by atoms with E-state index >= 15 is 0 Å². The Hall–Kier alpha value is -1.14. The van der Waals surface area contributed by atoms with Gasteiger partial charge in [0.15, 0.2) is 6.29 Å². The van der Waals surface area contributed by atoms with E-state index in [0.717, 1.165) is 6.92 Å². The molecule has 0 aromatic rings. The van der Waals surface area contributed by atoms with Crippen molar-refractivity contribution in [2.45, 2.75) is 50.0 Å². The summed E-state index contributed by atoms with van der Waals surface area (Å²) in [6.45, 7) is 2.32. The predicted molar refractivity (Wildman–Crippen MR) is 63.6 cm³/mol. The predicted octanol–water partition coefficient (Wildman–Crippen LogP) is -4.27. The van der Waals surface area contributed by atoms with Crippen molar-refractivity contribution in [3.05, 3.63) is 0 Å². The van der Waals surface area contributed by atoms with Crippen LogP contribution in [0.1, 0.15) is 13.8 Å². The maximum absolute atomic E-state index is 11.3. The van der Waals surface area contributed by atoms with Gasteiger partial charge in [-0.3, -0.25) is 4.79 Å². The molecule has 0 radical (unpaired) electrons. The molecule has 118 valence electrons. The van der Waals surface area contributed by atoms with Crippen molar-refractivity contribution >= 4 is 12.3 Å². The third-order valence-electron chi connectivity index (χ3n) is 2.56. The molecule has 0 aliphatic heterocycles. The minimum absolute atomic E-state index is 0.232. The molecule has 0 aromatic carbocycles. The fourth-order valence-corrected chi connectivity index (χ4v) is 1.08. The Labute approximate surface area is 114 Å². The van der Waals surface area contributed by atoms with Crippen LogP contribution in [0.4, 0.5) is 0 Å². The van der Waals surface area contributed by atoms with Crippen LogP contribution in [0.3, 0.4) is 0 Å². The Kier molecular flexibility index (Phi) is 7.16. The topological polar surface area (TPSA) is 183 Å². The van der Waals surface area contributed by atoms with Gasteiger partial charge in [0.05, 0.1) is 12.2 Å². The molecule has 2 unspecified atom stereocenters. The molecule has 0 aromatic heterocycles. The van der Waals surface area contributed by atoms with E-state index in [1.807, 2.05) is 0 Å². The molecule has 0 aliphatic carbocycles. The number of aliphatic hydroxyl groups is 5. The fourth-order valence-electron chi connectivity index (χ4n) is 1.08. The summed E-state index contributed by atoms with van der Waals surface area (Å²) in [6, 6.07) is -1.45. The van der Waals surface area contributed by atoms with Gasteiger partial charge in [-0.1, -0.05) is 0 Å². The molecule has 20 heavy (non-hydrogen) atoms. The third kappa shape index (κ3) is 4.76. The van der Waals surface area contributed by atoms with Crippen molar-refractivity contribution in [2.24, 2.45) is 5.73 Å². The van der Waals surface area contributed by atoms with Crippen LogP contribution in [0.2, 0.25) is 0 Å². The highest BCUT2D eigenvalue weighted by atomic mass is 16.7. The van der Waals surface area contributed by atoms with Gasteiger partial charge in [-0.2, -0.15) is 0 Å². The molecule has 0 saturated carbocycles. The Morgan fingerprint density at radius 1 is 1.25 bits per heavy atom. The average molecular weight is 296 g/mol. The second-order valence-corrected chi connectivity index (χ2v) is 4.41. The SMILES string of the molecule is CC(O)C(N)C(=O)ON[C@@](O)(C=O)[C@H](O)[C@H](O)[C@H](C)O. The lowest BCUT2D eigenvalue weighted by Crippen LogP contribution is -2.62. The van der Waals surface area contributed by atoms with Gasteiger partial charge in [0.1, 0.15) is 18.2 Å². The molecular formula is C10H20N2O8. The Bertz CT molecular complexity index is 337. The summed E-state index contributed by atoms with van der Waals surface area (Å²) < 4.78 is 0. The molecule has 0 bridgehead atoms. The molecule has 8 N–H and O–H groups in total. The summed E-state index contributed by atoms with van der Waals surface area (Å²) in [5.74, 6) is -1.21. The summed E-state index contributed by atoms with van der Waals surface area (Å²) in [5.41, 5.74) is 3.91. The lowest BCUT2D eigenvalue weighted by atomic mass is 10.0. The molecule has 10 heteroatoms. The van der Waals surface area contributed by atoms with Gasteiger partial charge >= 0.3 is 5.97 Å². The largest absolute Gasteiger partial charge is 0.391 e. The van der Waals surface area contributed by atoms with E-state index in [1.54, 1.807) is 5.48 Å². The first-order chi connectivity index (χ1) is 9.06. The molecule has 10 nitrogen and oxygen atoms in total. The fraction of sp³-hybridized carbons (Fsp3) is 0.800. The second kappa shape index (κ2) is 7.59. The highest BCUT2D eigenvalue weighted by Gasteiger charge is 2.43. The maximum atomic E-state index is 11.3. The second-order valence-electron chi connectivity index (χ2n) is 4.41. The summed E-state index contributed by atoms with van der Waals surface area (Å²) in [6.07, 6.45) is -7.02. The number of rotatable bonds is 8. The van der Waals surface area contributed by atoms with Crippen molar-refractivity contribution in [1.29, 1.82) is 0 Å². The normalized spacial score (nSPS) is 22.0. The molecule has 0 amide bonds. The van der Waals surface area contributed by atoms with Crippen molar-refractivity contribution in [2.75, 3.05) is 0 Å². The molecule has 0 heterocycles. The van der Waals surface area contributed by atoms with E-state index in [-0.39, 0.29) is 6.29 Å². The van der Waals surface area contributed by atoms with E-state index in [1.165, 1.54) is 6.92 Å². The zero-order valence-corrected chi connectivity index (χ0v) is 11.0. The smallest absolute Gasteiger partial charge is 0.344 e. The number of carbonyl (C=O) groups excluding carboxylic acids is 2. The molecule has 0 aliphatic rings. The maximum Gasteiger partial charge on any atom is 0.344 e. The highest BCUT2D eigenvalue weighted by molar-refractivity contribution is 5.76. The van der Waals surface area contributed by atoms with Gasteiger partial charge in [-0.15, -0.1) is 5.48 Å². The van der Waals surface area contributed by atoms with Crippen LogP contribution in [0.15, 0.2) is 0 Å². The van der Waals surface area contributed by atoms with Gasteiger partial charge in [0.25, 0.3) is 0 Å². The van der Waals surface area contributed by atoms with E-state index < -0.39 is 42.2 Å². The zero-order chi connectivity index (χ0) is 16.1. The standard InChI is InChI=1S/C10H20N2O8/c1-4(14)6(11)9(18)20-12-10(19,3-13)8(17)7(16)5(2)15/h3-8,12,14-17,19H,11H2,1-2H3/t4?,5-,6?,7+,8+,10+/m0/s1. The number of hydrogen-bond donors (Lipinski definition) is 7. The average Bonchev–Trinajstić information content (AvgIpc) is 2.41. The van der Waals surface area contributed by atoms with Gasteiger partial charge in [-0.05, 0) is 13.8 Å². The van der Waals surface area contributed by atoms with Crippen molar-refractivity contribution in [3.63, 3.8) is 0 Å². The minimum Gasteiger partial charge on any atom is -0.391 e. The Morgan fingerprint density at radius 3 is 2.10 bits per heavy atom. The van der Waals surface area contributed by atoms with E-state index in [0.29, 0.717) is 0 Å². The third-order valence-corrected chi connectivity index (χ3v) is 2.56. The van der Waals surface area contributed by atoms with Crippen LogP contribution >= 0.6 is 0 Å². The molecular weight excluding hydrogens is 276 g/mol. The number of nitrogens with two attached hydrogens (primary N) is 1. The zero-order valence-electron chi connectivity index (χ0n) is 11.0. The van der Waals surface area contributed by atoms with E-state index in [9.17, 15) is 24.9 Å². The van der Waals surface area contributed by atoms with Crippen LogP contribution < -0.4 is 11.2 Å². The van der Waals surface area contributed by atoms with Crippen LogP contribution in [0.5, 0.6) is 0 Å².